The number of hydrogen-bond donors (Lipinski definition) is 1. The van der Waals surface area contributed by atoms with Crippen LogP contribution >= 0.6 is 15.9 Å². The van der Waals surface area contributed by atoms with Gasteiger partial charge in [0.25, 0.3) is 0 Å². The van der Waals surface area contributed by atoms with Gasteiger partial charge in [0.15, 0.2) is 0 Å². The van der Waals surface area contributed by atoms with Gasteiger partial charge >= 0.3 is 0 Å². The molecule has 0 bridgehead atoms. The predicted octanol–water partition coefficient (Wildman–Crippen LogP) is 2.87. The molecule has 1 aliphatic heterocycles. The molecule has 0 aromatic heterocycles. The number of anilines is 1. The van der Waals surface area contributed by atoms with Crippen LogP contribution in [0.1, 0.15) is 26.3 Å². The number of halogens is 1. The molecule has 0 aliphatic carbocycles. The summed E-state index contributed by atoms with van der Waals surface area (Å²) >= 11 is 3.69. The van der Waals surface area contributed by atoms with Crippen LogP contribution in [0.15, 0.2) is 22.7 Å². The van der Waals surface area contributed by atoms with Gasteiger partial charge in [-0.1, -0.05) is 22.0 Å². The Morgan fingerprint density at radius 3 is 2.40 bits per heavy atom. The van der Waals surface area contributed by atoms with Crippen molar-refractivity contribution in [1.29, 1.82) is 0 Å². The summed E-state index contributed by atoms with van der Waals surface area (Å²) in [5.41, 5.74) is 8.48. The Morgan fingerprint density at radius 2 is 1.90 bits per heavy atom. The van der Waals surface area contributed by atoms with Crippen molar-refractivity contribution in [2.24, 2.45) is 5.73 Å². The van der Waals surface area contributed by atoms with Gasteiger partial charge in [-0.25, -0.2) is 0 Å². The van der Waals surface area contributed by atoms with Crippen molar-refractivity contribution >= 4 is 21.6 Å². The van der Waals surface area contributed by atoms with E-state index in [9.17, 15) is 0 Å². The van der Waals surface area contributed by atoms with E-state index in [-0.39, 0.29) is 6.04 Å². The van der Waals surface area contributed by atoms with Crippen LogP contribution in [0, 0.1) is 0 Å². The molecule has 3 nitrogen and oxygen atoms in total. The first-order valence-corrected chi connectivity index (χ1v) is 8.18. The van der Waals surface area contributed by atoms with E-state index < -0.39 is 0 Å². The lowest BCUT2D eigenvalue weighted by Crippen LogP contribution is -2.55. The van der Waals surface area contributed by atoms with Crippen LogP contribution in [0.5, 0.6) is 0 Å². The molecule has 2 N–H and O–H groups in total. The van der Waals surface area contributed by atoms with E-state index in [0.29, 0.717) is 12.1 Å². The lowest BCUT2D eigenvalue weighted by molar-refractivity contribution is 0.170. The molecule has 0 radical (unpaired) electrons. The molecule has 20 heavy (non-hydrogen) atoms. The van der Waals surface area contributed by atoms with Gasteiger partial charge < -0.3 is 10.6 Å². The number of hydrogen-bond acceptors (Lipinski definition) is 3. The Labute approximate surface area is 131 Å². The fraction of sp³-hybridized carbons (Fsp3) is 0.625. The van der Waals surface area contributed by atoms with Crippen LogP contribution in [0.2, 0.25) is 0 Å². The van der Waals surface area contributed by atoms with Crippen LogP contribution in [0.25, 0.3) is 0 Å². The van der Waals surface area contributed by atoms with Gasteiger partial charge in [-0.3, -0.25) is 4.90 Å². The molecule has 0 spiro atoms. The van der Waals surface area contributed by atoms with Gasteiger partial charge in [0.2, 0.25) is 0 Å². The zero-order chi connectivity index (χ0) is 14.9. The van der Waals surface area contributed by atoms with E-state index in [2.05, 4.69) is 64.8 Å². The molecule has 112 valence electrons. The Balaban J connectivity index is 2.15. The molecule has 1 aromatic carbocycles. The minimum atomic E-state index is 0.195. The molecule has 1 heterocycles. The third kappa shape index (κ3) is 3.54. The minimum absolute atomic E-state index is 0.195. The summed E-state index contributed by atoms with van der Waals surface area (Å²) in [7, 11) is 2.22. The summed E-state index contributed by atoms with van der Waals surface area (Å²) in [6, 6.07) is 8.04. The number of benzene rings is 1. The monoisotopic (exact) mass is 339 g/mol. The quantitative estimate of drug-likeness (QED) is 0.918. The molecule has 3 atom stereocenters. The molecule has 0 amide bonds. The van der Waals surface area contributed by atoms with Crippen molar-refractivity contribution < 1.29 is 0 Å². The van der Waals surface area contributed by atoms with E-state index >= 15 is 0 Å². The van der Waals surface area contributed by atoms with Crippen LogP contribution < -0.4 is 10.6 Å². The SMILES string of the molecule is CC(N)Cc1ccc(N2CC(C)N(C)C(C)C2)cc1Br. The lowest BCUT2D eigenvalue weighted by atomic mass is 10.1. The second-order valence-electron chi connectivity index (χ2n) is 6.23. The van der Waals surface area contributed by atoms with Crippen LogP contribution in [-0.2, 0) is 6.42 Å². The van der Waals surface area contributed by atoms with Crippen molar-refractivity contribution in [2.75, 3.05) is 25.0 Å². The molecule has 1 saturated heterocycles. The summed E-state index contributed by atoms with van der Waals surface area (Å²) in [6.07, 6.45) is 0.913. The predicted molar refractivity (Wildman–Crippen MR) is 90.4 cm³/mol. The third-order valence-electron chi connectivity index (χ3n) is 4.30. The highest BCUT2D eigenvalue weighted by atomic mass is 79.9. The molecule has 0 saturated carbocycles. The summed E-state index contributed by atoms with van der Waals surface area (Å²) in [5.74, 6) is 0. The topological polar surface area (TPSA) is 32.5 Å². The van der Waals surface area contributed by atoms with E-state index in [1.165, 1.54) is 15.7 Å². The van der Waals surface area contributed by atoms with Crippen LogP contribution in [0.4, 0.5) is 5.69 Å². The molecule has 1 aliphatic rings. The average molecular weight is 340 g/mol. The fourth-order valence-electron chi connectivity index (χ4n) is 2.86. The van der Waals surface area contributed by atoms with Gasteiger partial charge in [-0.15, -0.1) is 0 Å². The normalized spacial score (nSPS) is 25.8. The first kappa shape index (κ1) is 15.8. The smallest absolute Gasteiger partial charge is 0.0378 e. The molecule has 1 aromatic rings. The van der Waals surface area contributed by atoms with Crippen molar-refractivity contribution in [2.45, 2.75) is 45.3 Å². The summed E-state index contributed by atoms with van der Waals surface area (Å²) in [5, 5.41) is 0. The number of nitrogens with zero attached hydrogens (tertiary/aromatic N) is 2. The van der Waals surface area contributed by atoms with Crippen molar-refractivity contribution in [3.63, 3.8) is 0 Å². The maximum absolute atomic E-state index is 5.89. The zero-order valence-corrected chi connectivity index (χ0v) is 14.5. The maximum Gasteiger partial charge on any atom is 0.0378 e. The van der Waals surface area contributed by atoms with Crippen molar-refractivity contribution in [1.82, 2.24) is 4.90 Å². The molecule has 1 fully saturated rings. The number of likely N-dealkylation sites (N-methyl/N-ethyl adjacent to an activating group) is 1. The van der Waals surface area contributed by atoms with Crippen LogP contribution in [0.3, 0.4) is 0 Å². The second-order valence-corrected chi connectivity index (χ2v) is 7.08. The van der Waals surface area contributed by atoms with Gasteiger partial charge in [0.05, 0.1) is 0 Å². The number of rotatable bonds is 3. The Morgan fingerprint density at radius 1 is 1.30 bits per heavy atom. The largest absolute Gasteiger partial charge is 0.368 e. The van der Waals surface area contributed by atoms with E-state index in [1.807, 2.05) is 6.92 Å². The first-order valence-electron chi connectivity index (χ1n) is 7.39. The van der Waals surface area contributed by atoms with E-state index in [1.54, 1.807) is 0 Å². The molecular formula is C16H26BrN3. The number of nitrogens with two attached hydrogens (primary N) is 1. The molecule has 2 rings (SSSR count). The fourth-order valence-corrected chi connectivity index (χ4v) is 3.39. The molecule has 4 heteroatoms. The zero-order valence-electron chi connectivity index (χ0n) is 12.9. The molecule has 3 unspecified atom stereocenters. The van der Waals surface area contributed by atoms with Crippen LogP contribution in [-0.4, -0.2) is 43.2 Å². The average Bonchev–Trinajstić information content (AvgIpc) is 2.37. The highest BCUT2D eigenvalue weighted by molar-refractivity contribution is 9.10. The lowest BCUT2D eigenvalue weighted by Gasteiger charge is -2.43. The first-order chi connectivity index (χ1) is 9.38. The highest BCUT2D eigenvalue weighted by Crippen LogP contribution is 2.27. The van der Waals surface area contributed by atoms with E-state index in [0.717, 1.165) is 19.5 Å². The Kier molecular flexibility index (Phi) is 5.10. The summed E-state index contributed by atoms with van der Waals surface area (Å²) in [6.45, 7) is 8.80. The van der Waals surface area contributed by atoms with Gasteiger partial charge in [-0.2, -0.15) is 0 Å². The third-order valence-corrected chi connectivity index (χ3v) is 5.04. The molecular weight excluding hydrogens is 314 g/mol. The summed E-state index contributed by atoms with van der Waals surface area (Å²) < 4.78 is 1.17. The highest BCUT2D eigenvalue weighted by Gasteiger charge is 2.26. The van der Waals surface area contributed by atoms with Crippen molar-refractivity contribution in [3.05, 3.63) is 28.2 Å². The second kappa shape index (κ2) is 6.46. The Bertz CT molecular complexity index is 449. The standard InChI is InChI=1S/C16H26BrN3/c1-11(18)7-14-5-6-15(8-16(14)17)20-9-12(2)19(4)13(3)10-20/h5-6,8,11-13H,7,9-10,18H2,1-4H3. The summed E-state index contributed by atoms with van der Waals surface area (Å²) in [4.78, 5) is 4.94. The van der Waals surface area contributed by atoms with Gasteiger partial charge in [-0.05, 0) is 51.9 Å². The number of piperazine rings is 1. The van der Waals surface area contributed by atoms with Gasteiger partial charge in [0, 0.05) is 41.4 Å². The maximum atomic E-state index is 5.89. The van der Waals surface area contributed by atoms with Crippen molar-refractivity contribution in [3.8, 4) is 0 Å². The Hall–Kier alpha value is -0.580. The minimum Gasteiger partial charge on any atom is -0.368 e. The van der Waals surface area contributed by atoms with Gasteiger partial charge in [0.1, 0.15) is 0 Å². The van der Waals surface area contributed by atoms with E-state index in [4.69, 9.17) is 5.73 Å².